The molecule has 0 aliphatic rings. The summed E-state index contributed by atoms with van der Waals surface area (Å²) in [6, 6.07) is 14.7. The van der Waals surface area contributed by atoms with Gasteiger partial charge in [-0.3, -0.25) is 0 Å². The maximum atomic E-state index is 12.5. The van der Waals surface area contributed by atoms with Crippen LogP contribution in [0.15, 0.2) is 59.6 Å². The second-order valence-electron chi connectivity index (χ2n) is 7.36. The summed E-state index contributed by atoms with van der Waals surface area (Å²) >= 11 is 0. The van der Waals surface area contributed by atoms with E-state index in [0.29, 0.717) is 24.8 Å². The fourth-order valence-electron chi connectivity index (χ4n) is 3.03. The summed E-state index contributed by atoms with van der Waals surface area (Å²) in [5.74, 6) is 1.27. The Balaban J connectivity index is 1.49. The number of aromatic nitrogens is 1. The standard InChI is InChI=1S/C22H28N2O3S/c1-17(2)13-15-27-19-9-11-20(12-10-19)28(25,26)24-14-5-6-18-16-23-22-8-4-3-7-21(18)22/h3-4,7-12,16-17,23-24H,5-6,13-15H2,1-2H3. The van der Waals surface area contributed by atoms with Crippen LogP contribution in [0.4, 0.5) is 0 Å². The van der Waals surface area contributed by atoms with Crippen LogP contribution >= 0.6 is 0 Å². The molecule has 5 nitrogen and oxygen atoms in total. The van der Waals surface area contributed by atoms with Gasteiger partial charge in [0.25, 0.3) is 0 Å². The van der Waals surface area contributed by atoms with Crippen molar-refractivity contribution in [1.82, 2.24) is 9.71 Å². The Morgan fingerprint density at radius 3 is 2.57 bits per heavy atom. The number of fused-ring (bicyclic) bond motifs is 1. The number of aryl methyl sites for hydroxylation is 1. The van der Waals surface area contributed by atoms with Crippen LogP contribution in [0, 0.1) is 5.92 Å². The summed E-state index contributed by atoms with van der Waals surface area (Å²) < 4.78 is 33.3. The molecule has 0 fully saturated rings. The van der Waals surface area contributed by atoms with E-state index >= 15 is 0 Å². The van der Waals surface area contributed by atoms with Gasteiger partial charge in [0.1, 0.15) is 5.75 Å². The number of benzene rings is 2. The minimum absolute atomic E-state index is 0.260. The summed E-state index contributed by atoms with van der Waals surface area (Å²) in [6.45, 7) is 5.32. The maximum Gasteiger partial charge on any atom is 0.240 e. The minimum Gasteiger partial charge on any atom is -0.494 e. The lowest BCUT2D eigenvalue weighted by molar-refractivity contribution is 0.289. The fourth-order valence-corrected chi connectivity index (χ4v) is 4.11. The predicted octanol–water partition coefficient (Wildman–Crippen LogP) is 4.50. The third-order valence-electron chi connectivity index (χ3n) is 4.69. The topological polar surface area (TPSA) is 71.2 Å². The number of ether oxygens (including phenoxy) is 1. The summed E-state index contributed by atoms with van der Waals surface area (Å²) in [5, 5.41) is 1.19. The molecule has 1 heterocycles. The van der Waals surface area contributed by atoms with E-state index in [9.17, 15) is 8.42 Å². The Kier molecular flexibility index (Phi) is 6.75. The first kappa shape index (κ1) is 20.4. The van der Waals surface area contributed by atoms with E-state index in [1.165, 1.54) is 10.9 Å². The fraction of sp³-hybridized carbons (Fsp3) is 0.364. The van der Waals surface area contributed by atoms with E-state index in [0.717, 1.165) is 24.8 Å². The average molecular weight is 401 g/mol. The van der Waals surface area contributed by atoms with E-state index in [4.69, 9.17) is 4.74 Å². The zero-order chi connectivity index (χ0) is 20.0. The van der Waals surface area contributed by atoms with Crippen LogP contribution in [0.5, 0.6) is 5.75 Å². The zero-order valence-corrected chi connectivity index (χ0v) is 17.3. The Bertz CT molecular complexity index is 992. The van der Waals surface area contributed by atoms with Crippen molar-refractivity contribution in [1.29, 1.82) is 0 Å². The van der Waals surface area contributed by atoms with E-state index in [1.54, 1.807) is 24.3 Å². The highest BCUT2D eigenvalue weighted by atomic mass is 32.2. The molecule has 28 heavy (non-hydrogen) atoms. The molecule has 0 spiro atoms. The van der Waals surface area contributed by atoms with Crippen LogP contribution in [0.3, 0.4) is 0 Å². The van der Waals surface area contributed by atoms with Crippen molar-refractivity contribution in [2.45, 2.75) is 38.0 Å². The lowest BCUT2D eigenvalue weighted by atomic mass is 10.1. The van der Waals surface area contributed by atoms with Crippen LogP contribution in [0.1, 0.15) is 32.3 Å². The number of hydrogen-bond acceptors (Lipinski definition) is 3. The number of H-pyrrole nitrogens is 1. The Labute approximate surface area is 167 Å². The summed E-state index contributed by atoms with van der Waals surface area (Å²) in [6.07, 6.45) is 4.52. The monoisotopic (exact) mass is 400 g/mol. The van der Waals surface area contributed by atoms with Gasteiger partial charge in [-0.15, -0.1) is 0 Å². The summed E-state index contributed by atoms with van der Waals surface area (Å²) in [7, 11) is -3.51. The molecule has 0 aliphatic carbocycles. The van der Waals surface area contributed by atoms with Crippen LogP contribution in [0.2, 0.25) is 0 Å². The summed E-state index contributed by atoms with van der Waals surface area (Å²) in [5.41, 5.74) is 2.31. The first-order chi connectivity index (χ1) is 13.5. The van der Waals surface area contributed by atoms with Gasteiger partial charge in [0, 0.05) is 23.6 Å². The molecule has 1 aromatic heterocycles. The first-order valence-corrected chi connectivity index (χ1v) is 11.2. The van der Waals surface area contributed by atoms with Gasteiger partial charge in [-0.2, -0.15) is 0 Å². The van der Waals surface area contributed by atoms with Crippen molar-refractivity contribution in [3.8, 4) is 5.75 Å². The molecule has 0 saturated heterocycles. The van der Waals surface area contributed by atoms with E-state index in [-0.39, 0.29) is 4.90 Å². The normalized spacial score (nSPS) is 12.0. The van der Waals surface area contributed by atoms with Crippen LogP contribution in [-0.4, -0.2) is 26.6 Å². The lowest BCUT2D eigenvalue weighted by Crippen LogP contribution is -2.25. The number of sulfonamides is 1. The van der Waals surface area contributed by atoms with Crippen molar-refractivity contribution in [2.24, 2.45) is 5.92 Å². The van der Waals surface area contributed by atoms with Crippen LogP contribution < -0.4 is 9.46 Å². The molecule has 150 valence electrons. The van der Waals surface area contributed by atoms with Crippen LogP contribution in [-0.2, 0) is 16.4 Å². The van der Waals surface area contributed by atoms with E-state index in [2.05, 4.69) is 29.6 Å². The molecule has 0 amide bonds. The number of nitrogens with one attached hydrogen (secondary N) is 2. The molecule has 6 heteroatoms. The molecule has 0 radical (unpaired) electrons. The predicted molar refractivity (Wildman–Crippen MR) is 113 cm³/mol. The molecule has 0 bridgehead atoms. The van der Waals surface area contributed by atoms with Crippen LogP contribution in [0.25, 0.3) is 10.9 Å². The Hall–Kier alpha value is -2.31. The maximum absolute atomic E-state index is 12.5. The number of rotatable bonds is 10. The highest BCUT2D eigenvalue weighted by Crippen LogP contribution is 2.19. The second-order valence-corrected chi connectivity index (χ2v) is 9.13. The lowest BCUT2D eigenvalue weighted by Gasteiger charge is -2.10. The number of hydrogen-bond donors (Lipinski definition) is 2. The molecule has 0 aliphatic heterocycles. The molecular weight excluding hydrogens is 372 g/mol. The largest absolute Gasteiger partial charge is 0.494 e. The molecule has 3 rings (SSSR count). The third-order valence-corrected chi connectivity index (χ3v) is 6.16. The van der Waals surface area contributed by atoms with Gasteiger partial charge in [0.15, 0.2) is 0 Å². The van der Waals surface area contributed by atoms with Gasteiger partial charge in [0.2, 0.25) is 10.0 Å². The van der Waals surface area contributed by atoms with Gasteiger partial charge in [-0.05, 0) is 61.1 Å². The first-order valence-electron chi connectivity index (χ1n) is 9.73. The third kappa shape index (κ3) is 5.36. The minimum atomic E-state index is -3.51. The van der Waals surface area contributed by atoms with Crippen molar-refractivity contribution >= 4 is 20.9 Å². The number of aromatic amines is 1. The molecular formula is C22H28N2O3S. The van der Waals surface area contributed by atoms with Crippen molar-refractivity contribution in [2.75, 3.05) is 13.2 Å². The van der Waals surface area contributed by atoms with Gasteiger partial charge in [-0.25, -0.2) is 13.1 Å². The number of para-hydroxylation sites is 1. The zero-order valence-electron chi connectivity index (χ0n) is 16.4. The van der Waals surface area contributed by atoms with Gasteiger partial charge >= 0.3 is 0 Å². The van der Waals surface area contributed by atoms with E-state index < -0.39 is 10.0 Å². The Morgan fingerprint density at radius 1 is 1.07 bits per heavy atom. The molecule has 2 aromatic carbocycles. The van der Waals surface area contributed by atoms with Gasteiger partial charge in [0.05, 0.1) is 11.5 Å². The second kappa shape index (κ2) is 9.26. The Morgan fingerprint density at radius 2 is 1.82 bits per heavy atom. The molecule has 2 N–H and O–H groups in total. The van der Waals surface area contributed by atoms with Crippen molar-refractivity contribution in [3.05, 3.63) is 60.3 Å². The quantitative estimate of drug-likeness (QED) is 0.492. The SMILES string of the molecule is CC(C)CCOc1ccc(S(=O)(=O)NCCCc2c[nH]c3ccccc23)cc1. The smallest absolute Gasteiger partial charge is 0.240 e. The average Bonchev–Trinajstić information content (AvgIpc) is 3.09. The molecule has 0 saturated carbocycles. The summed E-state index contributed by atoms with van der Waals surface area (Å²) in [4.78, 5) is 3.51. The van der Waals surface area contributed by atoms with Crippen molar-refractivity contribution < 1.29 is 13.2 Å². The van der Waals surface area contributed by atoms with Gasteiger partial charge < -0.3 is 9.72 Å². The molecule has 3 aromatic rings. The molecule has 0 unspecified atom stereocenters. The van der Waals surface area contributed by atoms with E-state index in [1.807, 2.05) is 24.4 Å². The highest BCUT2D eigenvalue weighted by molar-refractivity contribution is 7.89. The molecule has 0 atom stereocenters. The highest BCUT2D eigenvalue weighted by Gasteiger charge is 2.13. The van der Waals surface area contributed by atoms with Crippen molar-refractivity contribution in [3.63, 3.8) is 0 Å². The van der Waals surface area contributed by atoms with Gasteiger partial charge in [-0.1, -0.05) is 32.0 Å².